The third-order valence-corrected chi connectivity index (χ3v) is 18.7. The highest BCUT2D eigenvalue weighted by atomic mass is 28.5. The van der Waals surface area contributed by atoms with E-state index in [0.29, 0.717) is 31.1 Å². The van der Waals surface area contributed by atoms with Gasteiger partial charge in [-0.1, -0.05) is 182 Å². The molecule has 0 radical (unpaired) electrons. The van der Waals surface area contributed by atoms with Crippen LogP contribution in [0.2, 0.25) is 0 Å². The Balaban J connectivity index is 1.66. The molecular weight excluding hydrogens is 584 g/mol. The van der Waals surface area contributed by atoms with Crippen LogP contribution in [0.1, 0.15) is 0 Å². The van der Waals surface area contributed by atoms with Crippen LogP contribution in [0.4, 0.5) is 4.11 Å². The van der Waals surface area contributed by atoms with Crippen molar-refractivity contribution in [3.8, 4) is 0 Å². The fourth-order valence-electron chi connectivity index (χ4n) is 5.35. The summed E-state index contributed by atoms with van der Waals surface area (Å²) in [6.07, 6.45) is 0. The van der Waals surface area contributed by atoms with Gasteiger partial charge in [-0.15, -0.1) is 0 Å². The maximum Gasteiger partial charge on any atom is 0.440 e. The molecule has 0 aliphatic carbocycles. The molecule has 0 bridgehead atoms. The normalized spacial score (nSPS) is 12.1. The van der Waals surface area contributed by atoms with Crippen LogP contribution in [-0.2, 0) is 8.23 Å². The van der Waals surface area contributed by atoms with E-state index in [1.165, 1.54) is 0 Å². The summed E-state index contributed by atoms with van der Waals surface area (Å²) >= 11 is 0. The quantitative estimate of drug-likeness (QED) is 0.189. The molecule has 0 atom stereocenters. The summed E-state index contributed by atoms with van der Waals surface area (Å²) in [6, 6.07) is 56.2. The first kappa shape index (κ1) is 28.9. The predicted octanol–water partition coefficient (Wildman–Crippen LogP) is 3.75. The molecule has 0 aliphatic heterocycles. The molecule has 0 saturated heterocycles. The van der Waals surface area contributed by atoms with Crippen LogP contribution in [0.15, 0.2) is 182 Å². The first-order valence-corrected chi connectivity index (χ1v) is 19.7. The largest absolute Gasteiger partial charge is 0.440 e. The summed E-state index contributed by atoms with van der Waals surface area (Å²) in [5.41, 5.74) is 0. The van der Waals surface area contributed by atoms with Crippen molar-refractivity contribution in [2.24, 2.45) is 0 Å². The minimum atomic E-state index is -4.46. The van der Waals surface area contributed by atoms with Gasteiger partial charge in [0.05, 0.1) is 0 Å². The minimum absolute atomic E-state index is 0.471. The summed E-state index contributed by atoms with van der Waals surface area (Å²) in [5.74, 6) is 0. The van der Waals surface area contributed by atoms with Crippen LogP contribution in [0.5, 0.6) is 0 Å². The van der Waals surface area contributed by atoms with Crippen LogP contribution >= 0.6 is 0 Å². The Bertz CT molecular complexity index is 1520. The smallest absolute Gasteiger partial charge is 0.404 e. The highest BCUT2D eigenvalue weighted by Gasteiger charge is 2.58. The van der Waals surface area contributed by atoms with E-state index >= 15 is 4.11 Å². The van der Waals surface area contributed by atoms with Crippen molar-refractivity contribution in [3.63, 3.8) is 0 Å². The molecule has 0 saturated carbocycles. The lowest BCUT2D eigenvalue weighted by Crippen LogP contribution is -2.78. The van der Waals surface area contributed by atoms with Gasteiger partial charge in [-0.05, 0) is 20.7 Å². The lowest BCUT2D eigenvalue weighted by atomic mass is 10.4. The van der Waals surface area contributed by atoms with Crippen LogP contribution in [0, 0.1) is 0 Å². The number of rotatable bonds is 10. The summed E-state index contributed by atoms with van der Waals surface area (Å²) in [7, 11) is -12.5. The Morgan fingerprint density at radius 1 is 0.349 bits per heavy atom. The van der Waals surface area contributed by atoms with Gasteiger partial charge in [0.2, 0.25) is 0 Å². The monoisotopic (exact) mass is 614 g/mol. The lowest BCUT2D eigenvalue weighted by Gasteiger charge is -2.42. The topological polar surface area (TPSA) is 38.7 Å². The average Bonchev–Trinajstić information content (AvgIpc) is 3.10. The molecule has 0 spiro atoms. The molecule has 6 aromatic carbocycles. The van der Waals surface area contributed by atoms with Gasteiger partial charge >= 0.3 is 25.8 Å². The predicted molar refractivity (Wildman–Crippen MR) is 179 cm³/mol. The number of hydrogen-bond donors (Lipinski definition) is 1. The first-order chi connectivity index (χ1) is 21.0. The summed E-state index contributed by atoms with van der Waals surface area (Å²) in [5, 5.41) is 3.66. The second-order valence-electron chi connectivity index (χ2n) is 10.3. The fourth-order valence-corrected chi connectivity index (χ4v) is 17.7. The van der Waals surface area contributed by atoms with E-state index in [-0.39, 0.29) is 0 Å². The van der Waals surface area contributed by atoms with Crippen molar-refractivity contribution in [1.29, 1.82) is 0 Å². The Labute approximate surface area is 255 Å². The third kappa shape index (κ3) is 5.74. The standard InChI is InChI=1S/C36H31FO3Si3/c37-41(31-19-7-1-8-20-31,32-21-9-2-10-22-32)39-43(35-27-15-5-16-28-35,36-29-17-6-18-30-36)40-42(38,33-23-11-3-12-24-33)34-25-13-4-14-26-34/h1-30,38H. The van der Waals surface area contributed by atoms with Gasteiger partial charge in [-0.3, -0.25) is 4.11 Å². The van der Waals surface area contributed by atoms with E-state index in [1.807, 2.05) is 158 Å². The summed E-state index contributed by atoms with van der Waals surface area (Å²) in [6.45, 7) is 0. The van der Waals surface area contributed by atoms with Gasteiger partial charge in [0.15, 0.2) is 0 Å². The summed E-state index contributed by atoms with van der Waals surface area (Å²) in [4.78, 5) is 12.9. The zero-order valence-corrected chi connectivity index (χ0v) is 26.5. The van der Waals surface area contributed by atoms with Gasteiger partial charge in [-0.25, -0.2) is 0 Å². The molecular formula is C36H31FO3Si3. The molecule has 1 N–H and O–H groups in total. The van der Waals surface area contributed by atoms with Gasteiger partial charge in [-0.2, -0.15) is 0 Å². The molecule has 0 aliphatic rings. The molecule has 0 unspecified atom stereocenters. The zero-order valence-electron chi connectivity index (χ0n) is 23.5. The molecule has 0 aromatic heterocycles. The molecule has 3 nitrogen and oxygen atoms in total. The van der Waals surface area contributed by atoms with Crippen molar-refractivity contribution >= 4 is 56.9 Å². The molecule has 6 rings (SSSR count). The number of benzene rings is 6. The van der Waals surface area contributed by atoms with E-state index in [4.69, 9.17) is 8.23 Å². The maximum atomic E-state index is 18.3. The molecule has 0 fully saturated rings. The molecule has 6 aromatic rings. The zero-order chi connectivity index (χ0) is 29.6. The van der Waals surface area contributed by atoms with Crippen LogP contribution in [-0.4, -0.2) is 30.6 Å². The van der Waals surface area contributed by atoms with Gasteiger partial charge in [0, 0.05) is 10.4 Å². The van der Waals surface area contributed by atoms with Crippen LogP contribution in [0.25, 0.3) is 0 Å². The number of halogens is 1. The van der Waals surface area contributed by atoms with E-state index in [2.05, 4.69) is 0 Å². The Morgan fingerprint density at radius 3 is 0.907 bits per heavy atom. The molecule has 0 amide bonds. The van der Waals surface area contributed by atoms with E-state index in [9.17, 15) is 4.80 Å². The SMILES string of the molecule is O[Si](O[Si](O[Si](F)(c1ccccc1)c1ccccc1)(c1ccccc1)c1ccccc1)(c1ccccc1)c1ccccc1. The average molecular weight is 615 g/mol. The number of hydrogen-bond acceptors (Lipinski definition) is 3. The first-order valence-electron chi connectivity index (χ1n) is 14.2. The second-order valence-corrected chi connectivity index (χ2v) is 19.1. The Kier molecular flexibility index (Phi) is 8.44. The minimum Gasteiger partial charge on any atom is -0.404 e. The van der Waals surface area contributed by atoms with E-state index < -0.39 is 25.8 Å². The van der Waals surface area contributed by atoms with Gasteiger partial charge in [0.1, 0.15) is 0 Å². The highest BCUT2D eigenvalue weighted by molar-refractivity contribution is 7.09. The molecule has 7 heteroatoms. The fraction of sp³-hybridized carbons (Fsp3) is 0. The molecule has 0 heterocycles. The van der Waals surface area contributed by atoms with Crippen LogP contribution in [0.3, 0.4) is 0 Å². The maximum absolute atomic E-state index is 18.3. The van der Waals surface area contributed by atoms with E-state index in [0.717, 1.165) is 0 Å². The Morgan fingerprint density at radius 2 is 0.605 bits per heavy atom. The van der Waals surface area contributed by atoms with Crippen molar-refractivity contribution in [2.45, 2.75) is 0 Å². The second kappa shape index (κ2) is 12.6. The van der Waals surface area contributed by atoms with Gasteiger partial charge in [0.25, 0.3) is 0 Å². The van der Waals surface area contributed by atoms with Crippen molar-refractivity contribution in [2.75, 3.05) is 0 Å². The Hall–Kier alpha value is -4.22. The molecule has 212 valence electrons. The molecule has 43 heavy (non-hydrogen) atoms. The summed E-state index contributed by atoms with van der Waals surface area (Å²) < 4.78 is 32.8. The van der Waals surface area contributed by atoms with Crippen molar-refractivity contribution < 1.29 is 17.1 Å². The third-order valence-electron chi connectivity index (χ3n) is 7.50. The highest BCUT2D eigenvalue weighted by Crippen LogP contribution is 2.23. The lowest BCUT2D eigenvalue weighted by molar-refractivity contribution is 0.340. The van der Waals surface area contributed by atoms with Crippen molar-refractivity contribution in [1.82, 2.24) is 0 Å². The van der Waals surface area contributed by atoms with Gasteiger partial charge < -0.3 is 13.0 Å². The van der Waals surface area contributed by atoms with E-state index in [1.54, 1.807) is 24.3 Å². The van der Waals surface area contributed by atoms with Crippen molar-refractivity contribution in [3.05, 3.63) is 182 Å². The van der Waals surface area contributed by atoms with Crippen LogP contribution < -0.4 is 31.1 Å².